The first-order valence-electron chi connectivity index (χ1n) is 5.70. The highest BCUT2D eigenvalue weighted by atomic mass is 15.4. The minimum Gasteiger partial charge on any atom is -0.250 e. The summed E-state index contributed by atoms with van der Waals surface area (Å²) in [5.41, 5.74) is 2.46. The Kier molecular flexibility index (Phi) is 2.05. The van der Waals surface area contributed by atoms with E-state index in [0.29, 0.717) is 11.5 Å². The number of aryl methyl sites for hydroxylation is 2. The Morgan fingerprint density at radius 1 is 1.41 bits per heavy atom. The fraction of sp³-hybridized carbons (Fsp3) is 0.417. The molecule has 2 aromatic rings. The maximum absolute atomic E-state index is 9.16. The molecular formula is C12H13N5. The number of hydrogen-bond acceptors (Lipinski definition) is 3. The van der Waals surface area contributed by atoms with Crippen LogP contribution < -0.4 is 0 Å². The van der Waals surface area contributed by atoms with Crippen LogP contribution in [0, 0.1) is 18.3 Å². The molecule has 0 saturated heterocycles. The van der Waals surface area contributed by atoms with Crippen molar-refractivity contribution in [2.24, 2.45) is 7.05 Å². The van der Waals surface area contributed by atoms with Gasteiger partial charge in [-0.15, -0.1) is 0 Å². The van der Waals surface area contributed by atoms with Crippen LogP contribution in [0.1, 0.15) is 35.7 Å². The van der Waals surface area contributed by atoms with E-state index in [9.17, 15) is 0 Å². The molecule has 0 atom stereocenters. The van der Waals surface area contributed by atoms with E-state index >= 15 is 0 Å². The Morgan fingerprint density at radius 2 is 2.18 bits per heavy atom. The van der Waals surface area contributed by atoms with Gasteiger partial charge in [0.15, 0.2) is 5.82 Å². The molecular weight excluding hydrogens is 214 g/mol. The van der Waals surface area contributed by atoms with Gasteiger partial charge in [-0.3, -0.25) is 0 Å². The minimum atomic E-state index is 0.595. The van der Waals surface area contributed by atoms with Crippen molar-refractivity contribution in [3.8, 4) is 11.9 Å². The van der Waals surface area contributed by atoms with Crippen LogP contribution in [0.4, 0.5) is 0 Å². The summed E-state index contributed by atoms with van der Waals surface area (Å²) in [5, 5.41) is 17.9. The van der Waals surface area contributed by atoms with Gasteiger partial charge in [-0.05, 0) is 25.8 Å². The van der Waals surface area contributed by atoms with Gasteiger partial charge >= 0.3 is 0 Å². The molecule has 17 heavy (non-hydrogen) atoms. The molecule has 1 aliphatic carbocycles. The first kappa shape index (κ1) is 10.1. The second kappa shape index (κ2) is 3.45. The molecule has 0 unspecified atom stereocenters. The Labute approximate surface area is 99.3 Å². The molecule has 0 bridgehead atoms. The van der Waals surface area contributed by atoms with E-state index in [0.717, 1.165) is 17.2 Å². The van der Waals surface area contributed by atoms with Gasteiger partial charge in [0.2, 0.25) is 0 Å². The fourth-order valence-electron chi connectivity index (χ4n) is 2.09. The van der Waals surface area contributed by atoms with Gasteiger partial charge in [-0.25, -0.2) is 9.36 Å². The quantitative estimate of drug-likeness (QED) is 0.784. The topological polar surface area (TPSA) is 59.4 Å². The average Bonchev–Trinajstić information content (AvgIpc) is 2.96. The number of nitrogens with zero attached hydrogens (tertiary/aromatic N) is 5. The largest absolute Gasteiger partial charge is 0.250 e. The van der Waals surface area contributed by atoms with Crippen LogP contribution >= 0.6 is 0 Å². The van der Waals surface area contributed by atoms with Crippen LogP contribution in [0.25, 0.3) is 5.82 Å². The zero-order valence-corrected chi connectivity index (χ0v) is 9.88. The van der Waals surface area contributed by atoms with Crippen LogP contribution in [0.5, 0.6) is 0 Å². The maximum Gasteiger partial charge on any atom is 0.169 e. The van der Waals surface area contributed by atoms with E-state index in [-0.39, 0.29) is 0 Å². The second-order valence-electron chi connectivity index (χ2n) is 4.48. The monoisotopic (exact) mass is 227 g/mol. The molecule has 3 rings (SSSR count). The van der Waals surface area contributed by atoms with E-state index in [2.05, 4.69) is 16.3 Å². The van der Waals surface area contributed by atoms with Crippen molar-refractivity contribution in [2.45, 2.75) is 25.7 Å². The van der Waals surface area contributed by atoms with Gasteiger partial charge in [0.25, 0.3) is 0 Å². The molecule has 2 aromatic heterocycles. The van der Waals surface area contributed by atoms with Crippen LogP contribution in [0.3, 0.4) is 0 Å². The highest BCUT2D eigenvalue weighted by Crippen LogP contribution is 2.39. The van der Waals surface area contributed by atoms with Crippen molar-refractivity contribution in [1.29, 1.82) is 5.26 Å². The van der Waals surface area contributed by atoms with Crippen molar-refractivity contribution in [3.63, 3.8) is 0 Å². The van der Waals surface area contributed by atoms with Gasteiger partial charge in [-0.1, -0.05) is 0 Å². The molecule has 0 amide bonds. The Bertz CT molecular complexity index is 609. The highest BCUT2D eigenvalue weighted by Gasteiger charge is 2.26. The van der Waals surface area contributed by atoms with Gasteiger partial charge in [0, 0.05) is 19.2 Å². The lowest BCUT2D eigenvalue weighted by atomic mass is 10.3. The number of aromatic nitrogens is 4. The third-order valence-corrected chi connectivity index (χ3v) is 3.13. The summed E-state index contributed by atoms with van der Waals surface area (Å²) in [5.74, 6) is 1.37. The number of hydrogen-bond donors (Lipinski definition) is 0. The van der Waals surface area contributed by atoms with E-state index in [1.807, 2.05) is 26.2 Å². The van der Waals surface area contributed by atoms with Crippen molar-refractivity contribution < 1.29 is 0 Å². The summed E-state index contributed by atoms with van der Waals surface area (Å²) in [6.07, 6.45) is 4.37. The van der Waals surface area contributed by atoms with Gasteiger partial charge in [0.05, 0.1) is 11.4 Å². The molecule has 0 aromatic carbocycles. The third kappa shape index (κ3) is 1.53. The van der Waals surface area contributed by atoms with Crippen LogP contribution in [-0.2, 0) is 7.05 Å². The fourth-order valence-corrected chi connectivity index (χ4v) is 2.09. The number of nitriles is 1. The van der Waals surface area contributed by atoms with Crippen LogP contribution in [-0.4, -0.2) is 19.6 Å². The Hall–Kier alpha value is -2.09. The molecule has 5 nitrogen and oxygen atoms in total. The van der Waals surface area contributed by atoms with E-state index in [1.165, 1.54) is 12.8 Å². The SMILES string of the molecule is Cc1nn(C)c(-n2ccc(C3CC3)n2)c1C#N. The predicted molar refractivity (Wildman–Crippen MR) is 61.8 cm³/mol. The molecule has 0 spiro atoms. The third-order valence-electron chi connectivity index (χ3n) is 3.13. The van der Waals surface area contributed by atoms with Gasteiger partial charge < -0.3 is 0 Å². The summed E-state index contributed by atoms with van der Waals surface area (Å²) in [6.45, 7) is 1.84. The second-order valence-corrected chi connectivity index (χ2v) is 4.48. The minimum absolute atomic E-state index is 0.595. The summed E-state index contributed by atoms with van der Waals surface area (Å²) in [4.78, 5) is 0. The standard InChI is InChI=1S/C12H13N5/c1-8-10(7-13)12(16(2)14-8)17-6-5-11(15-17)9-3-4-9/h5-6,9H,3-4H2,1-2H3. The highest BCUT2D eigenvalue weighted by molar-refractivity contribution is 5.46. The molecule has 1 saturated carbocycles. The summed E-state index contributed by atoms with van der Waals surface area (Å²) in [7, 11) is 1.83. The van der Waals surface area contributed by atoms with E-state index in [4.69, 9.17) is 5.26 Å². The molecule has 5 heteroatoms. The molecule has 1 aliphatic rings. The average molecular weight is 227 g/mol. The van der Waals surface area contributed by atoms with Crippen molar-refractivity contribution >= 4 is 0 Å². The molecule has 0 aliphatic heterocycles. The van der Waals surface area contributed by atoms with Crippen LogP contribution in [0.2, 0.25) is 0 Å². The van der Waals surface area contributed by atoms with Crippen molar-refractivity contribution in [1.82, 2.24) is 19.6 Å². The van der Waals surface area contributed by atoms with Gasteiger partial charge in [0.1, 0.15) is 11.6 Å². The van der Waals surface area contributed by atoms with E-state index < -0.39 is 0 Å². The first-order chi connectivity index (χ1) is 8.20. The molecule has 86 valence electrons. The molecule has 2 heterocycles. The predicted octanol–water partition coefficient (Wildman–Crippen LogP) is 1.66. The zero-order valence-electron chi connectivity index (χ0n) is 9.88. The normalized spacial score (nSPS) is 14.9. The smallest absolute Gasteiger partial charge is 0.169 e. The molecule has 0 N–H and O–H groups in total. The Balaban J connectivity index is 2.10. The zero-order chi connectivity index (χ0) is 12.0. The van der Waals surface area contributed by atoms with Gasteiger partial charge in [-0.2, -0.15) is 15.5 Å². The van der Waals surface area contributed by atoms with Crippen molar-refractivity contribution in [2.75, 3.05) is 0 Å². The maximum atomic E-state index is 9.16. The lowest BCUT2D eigenvalue weighted by Crippen LogP contribution is -2.05. The lowest BCUT2D eigenvalue weighted by Gasteiger charge is -2.01. The lowest BCUT2D eigenvalue weighted by molar-refractivity contribution is 0.687. The summed E-state index contributed by atoms with van der Waals surface area (Å²) < 4.78 is 3.46. The number of rotatable bonds is 2. The molecule has 0 radical (unpaired) electrons. The molecule has 1 fully saturated rings. The Morgan fingerprint density at radius 3 is 2.82 bits per heavy atom. The first-order valence-corrected chi connectivity index (χ1v) is 5.70. The van der Waals surface area contributed by atoms with Crippen LogP contribution in [0.15, 0.2) is 12.3 Å². The summed E-state index contributed by atoms with van der Waals surface area (Å²) >= 11 is 0. The van der Waals surface area contributed by atoms with Crippen molar-refractivity contribution in [3.05, 3.63) is 29.2 Å². The summed E-state index contributed by atoms with van der Waals surface area (Å²) in [6, 6.07) is 4.22. The van der Waals surface area contributed by atoms with E-state index in [1.54, 1.807) is 9.36 Å².